The van der Waals surface area contributed by atoms with E-state index < -0.39 is 0 Å². The van der Waals surface area contributed by atoms with Gasteiger partial charge in [-0.05, 0) is 43.3 Å². The number of phenolic OH excluding ortho intramolecular Hbond substituents is 1. The summed E-state index contributed by atoms with van der Waals surface area (Å²) in [5.74, 6) is 0.925. The molecule has 0 saturated carbocycles. The van der Waals surface area contributed by atoms with Crippen LogP contribution in [-0.4, -0.2) is 16.7 Å². The number of halogens is 1. The van der Waals surface area contributed by atoms with Crippen LogP contribution >= 0.6 is 22.9 Å². The minimum atomic E-state index is 0.0789. The number of aromatic hydroxyl groups is 1. The summed E-state index contributed by atoms with van der Waals surface area (Å²) < 4.78 is 6.55. The van der Waals surface area contributed by atoms with E-state index in [4.69, 9.17) is 16.3 Å². The van der Waals surface area contributed by atoms with Crippen molar-refractivity contribution in [3.8, 4) is 22.1 Å². The predicted molar refractivity (Wildman–Crippen MR) is 82.9 cm³/mol. The number of aromatic nitrogens is 1. The first-order chi connectivity index (χ1) is 9.67. The SMILES string of the molecule is CCOc1ccc2nc(-c3ccc(O)c(Cl)c3)sc2c1. The van der Waals surface area contributed by atoms with Crippen LogP contribution in [0.2, 0.25) is 5.02 Å². The van der Waals surface area contributed by atoms with Crippen molar-refractivity contribution in [2.24, 2.45) is 0 Å². The van der Waals surface area contributed by atoms with Gasteiger partial charge in [0.25, 0.3) is 0 Å². The Hall–Kier alpha value is -1.78. The number of benzene rings is 2. The van der Waals surface area contributed by atoms with Crippen LogP contribution in [0.15, 0.2) is 36.4 Å². The molecule has 0 amide bonds. The number of hydrogen-bond acceptors (Lipinski definition) is 4. The summed E-state index contributed by atoms with van der Waals surface area (Å²) in [6.07, 6.45) is 0. The standard InChI is InChI=1S/C15H12ClNO2S/c1-2-19-10-4-5-12-14(8-10)20-15(17-12)9-3-6-13(18)11(16)7-9/h3-8,18H,2H2,1H3. The first kappa shape index (κ1) is 13.2. The van der Waals surface area contributed by atoms with Gasteiger partial charge in [0.1, 0.15) is 16.5 Å². The van der Waals surface area contributed by atoms with Gasteiger partial charge < -0.3 is 9.84 Å². The molecule has 3 rings (SSSR count). The van der Waals surface area contributed by atoms with Gasteiger partial charge in [0, 0.05) is 5.56 Å². The summed E-state index contributed by atoms with van der Waals surface area (Å²) in [7, 11) is 0. The number of fused-ring (bicyclic) bond motifs is 1. The Morgan fingerprint density at radius 1 is 1.25 bits per heavy atom. The lowest BCUT2D eigenvalue weighted by molar-refractivity contribution is 0.341. The third kappa shape index (κ3) is 2.44. The van der Waals surface area contributed by atoms with Crippen LogP contribution in [0.4, 0.5) is 0 Å². The molecule has 0 radical (unpaired) electrons. The van der Waals surface area contributed by atoms with E-state index in [1.165, 1.54) is 0 Å². The third-order valence-corrected chi connectivity index (χ3v) is 4.24. The van der Waals surface area contributed by atoms with Crippen LogP contribution < -0.4 is 4.74 Å². The molecule has 3 aromatic rings. The molecule has 0 bridgehead atoms. The van der Waals surface area contributed by atoms with E-state index in [2.05, 4.69) is 4.98 Å². The molecule has 0 aliphatic carbocycles. The van der Waals surface area contributed by atoms with E-state index in [0.717, 1.165) is 26.5 Å². The molecule has 2 aromatic carbocycles. The molecular weight excluding hydrogens is 294 g/mol. The van der Waals surface area contributed by atoms with Crippen molar-refractivity contribution in [1.29, 1.82) is 0 Å². The van der Waals surface area contributed by atoms with Crippen molar-refractivity contribution >= 4 is 33.2 Å². The number of thiazole rings is 1. The fraction of sp³-hybridized carbons (Fsp3) is 0.133. The molecule has 102 valence electrons. The topological polar surface area (TPSA) is 42.4 Å². The zero-order chi connectivity index (χ0) is 14.1. The van der Waals surface area contributed by atoms with E-state index in [1.807, 2.05) is 31.2 Å². The quantitative estimate of drug-likeness (QED) is 0.761. The van der Waals surface area contributed by atoms with Crippen LogP contribution in [0.25, 0.3) is 20.8 Å². The van der Waals surface area contributed by atoms with Crippen LogP contribution in [0.5, 0.6) is 11.5 Å². The Kier molecular flexibility index (Phi) is 3.51. The van der Waals surface area contributed by atoms with Gasteiger partial charge in [0.15, 0.2) is 0 Å². The normalized spacial score (nSPS) is 10.9. The minimum Gasteiger partial charge on any atom is -0.506 e. The summed E-state index contributed by atoms with van der Waals surface area (Å²) in [5.41, 5.74) is 1.82. The van der Waals surface area contributed by atoms with E-state index in [1.54, 1.807) is 23.5 Å². The molecule has 0 atom stereocenters. The molecule has 0 spiro atoms. The minimum absolute atomic E-state index is 0.0789. The highest BCUT2D eigenvalue weighted by Crippen LogP contribution is 2.35. The maximum absolute atomic E-state index is 9.46. The van der Waals surface area contributed by atoms with Crippen LogP contribution in [0.3, 0.4) is 0 Å². The Bertz CT molecular complexity index is 770. The molecule has 5 heteroatoms. The summed E-state index contributed by atoms with van der Waals surface area (Å²) in [6.45, 7) is 2.60. The van der Waals surface area contributed by atoms with Gasteiger partial charge in [-0.15, -0.1) is 11.3 Å². The average molecular weight is 306 g/mol. The van der Waals surface area contributed by atoms with Crippen molar-refractivity contribution in [2.75, 3.05) is 6.61 Å². The fourth-order valence-electron chi connectivity index (χ4n) is 1.92. The Balaban J connectivity index is 2.05. The van der Waals surface area contributed by atoms with E-state index >= 15 is 0 Å². The lowest BCUT2D eigenvalue weighted by atomic mass is 10.2. The largest absolute Gasteiger partial charge is 0.506 e. The second-order valence-electron chi connectivity index (χ2n) is 4.25. The maximum atomic E-state index is 9.46. The van der Waals surface area contributed by atoms with Crippen LogP contribution in [0, 0.1) is 0 Å². The highest BCUT2D eigenvalue weighted by molar-refractivity contribution is 7.21. The Morgan fingerprint density at radius 2 is 2.10 bits per heavy atom. The average Bonchev–Trinajstić information content (AvgIpc) is 2.85. The zero-order valence-electron chi connectivity index (χ0n) is 10.8. The van der Waals surface area contributed by atoms with Gasteiger partial charge in [-0.2, -0.15) is 0 Å². The zero-order valence-corrected chi connectivity index (χ0v) is 12.3. The molecule has 0 unspecified atom stereocenters. The van der Waals surface area contributed by atoms with Crippen molar-refractivity contribution in [1.82, 2.24) is 4.98 Å². The second-order valence-corrected chi connectivity index (χ2v) is 5.69. The summed E-state index contributed by atoms with van der Waals surface area (Å²) in [6, 6.07) is 11.0. The van der Waals surface area contributed by atoms with E-state index in [-0.39, 0.29) is 5.75 Å². The number of rotatable bonds is 3. The maximum Gasteiger partial charge on any atom is 0.134 e. The molecule has 0 fully saturated rings. The second kappa shape index (κ2) is 5.31. The van der Waals surface area contributed by atoms with Crippen LogP contribution in [-0.2, 0) is 0 Å². The number of ether oxygens (including phenoxy) is 1. The van der Waals surface area contributed by atoms with Crippen molar-refractivity contribution in [2.45, 2.75) is 6.92 Å². The van der Waals surface area contributed by atoms with Crippen molar-refractivity contribution in [3.05, 3.63) is 41.4 Å². The van der Waals surface area contributed by atoms with Gasteiger partial charge in [-0.25, -0.2) is 4.98 Å². The fourth-order valence-corrected chi connectivity index (χ4v) is 3.10. The third-order valence-electron chi connectivity index (χ3n) is 2.87. The molecule has 0 saturated heterocycles. The van der Waals surface area contributed by atoms with Gasteiger partial charge in [-0.3, -0.25) is 0 Å². The van der Waals surface area contributed by atoms with Gasteiger partial charge in [0.05, 0.1) is 21.8 Å². The molecule has 1 N–H and O–H groups in total. The predicted octanol–water partition coefficient (Wildman–Crippen LogP) is 4.72. The van der Waals surface area contributed by atoms with Crippen molar-refractivity contribution < 1.29 is 9.84 Å². The number of hydrogen-bond donors (Lipinski definition) is 1. The summed E-state index contributed by atoms with van der Waals surface area (Å²) >= 11 is 7.51. The number of nitrogens with zero attached hydrogens (tertiary/aromatic N) is 1. The van der Waals surface area contributed by atoms with E-state index in [9.17, 15) is 5.11 Å². The number of phenols is 1. The molecular formula is C15H12ClNO2S. The lowest BCUT2D eigenvalue weighted by Gasteiger charge is -2.00. The van der Waals surface area contributed by atoms with Gasteiger partial charge >= 0.3 is 0 Å². The Morgan fingerprint density at radius 3 is 2.85 bits per heavy atom. The molecule has 0 aliphatic heterocycles. The van der Waals surface area contributed by atoms with Gasteiger partial charge in [-0.1, -0.05) is 11.6 Å². The Labute approximate surface area is 125 Å². The first-order valence-electron chi connectivity index (χ1n) is 6.19. The molecule has 3 nitrogen and oxygen atoms in total. The smallest absolute Gasteiger partial charge is 0.134 e. The molecule has 0 aliphatic rings. The summed E-state index contributed by atoms with van der Waals surface area (Å²) in [5, 5.41) is 10.7. The first-order valence-corrected chi connectivity index (χ1v) is 7.39. The monoisotopic (exact) mass is 305 g/mol. The highest BCUT2D eigenvalue weighted by Gasteiger charge is 2.09. The van der Waals surface area contributed by atoms with Crippen molar-refractivity contribution in [3.63, 3.8) is 0 Å². The lowest BCUT2D eigenvalue weighted by Crippen LogP contribution is -1.89. The van der Waals surface area contributed by atoms with Gasteiger partial charge in [0.2, 0.25) is 0 Å². The highest BCUT2D eigenvalue weighted by atomic mass is 35.5. The van der Waals surface area contributed by atoms with Crippen LogP contribution in [0.1, 0.15) is 6.92 Å². The summed E-state index contributed by atoms with van der Waals surface area (Å²) in [4.78, 5) is 4.58. The van der Waals surface area contributed by atoms with E-state index in [0.29, 0.717) is 11.6 Å². The molecule has 1 aromatic heterocycles. The molecule has 20 heavy (non-hydrogen) atoms. The molecule has 1 heterocycles.